The van der Waals surface area contributed by atoms with Crippen molar-refractivity contribution in [1.29, 1.82) is 0 Å². The van der Waals surface area contributed by atoms with Crippen LogP contribution in [-0.4, -0.2) is 10.1 Å². The molecule has 2 rings (SSSR count). The van der Waals surface area contributed by atoms with E-state index in [4.69, 9.17) is 0 Å². The van der Waals surface area contributed by atoms with Crippen LogP contribution in [-0.2, 0) is 0 Å². The molecule has 0 aromatic carbocycles. The van der Waals surface area contributed by atoms with E-state index in [1.54, 1.807) is 11.3 Å². The lowest BCUT2D eigenvalue weighted by Crippen LogP contribution is -2.00. The minimum atomic E-state index is -0.792. The molecule has 1 atom stereocenters. The third-order valence-corrected chi connectivity index (χ3v) is 3.10. The summed E-state index contributed by atoms with van der Waals surface area (Å²) in [6, 6.07) is 3.14. The molecule has 0 aliphatic heterocycles. The van der Waals surface area contributed by atoms with Crippen LogP contribution in [0.5, 0.6) is 0 Å². The van der Waals surface area contributed by atoms with E-state index in [1.807, 2.05) is 18.4 Å². The van der Waals surface area contributed by atoms with Gasteiger partial charge in [0.2, 0.25) is 0 Å². The summed E-state index contributed by atoms with van der Waals surface area (Å²) in [7, 11) is 0. The van der Waals surface area contributed by atoms with Crippen LogP contribution in [0, 0.1) is 12.7 Å². The largest absolute Gasteiger partial charge is 0.384 e. The Balaban J connectivity index is 2.36. The second-order valence-electron chi connectivity index (χ2n) is 3.27. The molecule has 1 unspecified atom stereocenters. The first kappa shape index (κ1) is 10.3. The van der Waals surface area contributed by atoms with Gasteiger partial charge in [-0.05, 0) is 30.0 Å². The van der Waals surface area contributed by atoms with Crippen molar-refractivity contribution in [2.45, 2.75) is 13.0 Å². The van der Waals surface area contributed by atoms with Gasteiger partial charge in [0, 0.05) is 16.6 Å². The number of hydrogen-bond acceptors (Lipinski definition) is 3. The molecule has 2 aromatic heterocycles. The van der Waals surface area contributed by atoms with Crippen molar-refractivity contribution in [2.75, 3.05) is 0 Å². The maximum Gasteiger partial charge on any atom is 0.141 e. The number of aryl methyl sites for hydroxylation is 1. The van der Waals surface area contributed by atoms with Crippen molar-refractivity contribution in [3.63, 3.8) is 0 Å². The van der Waals surface area contributed by atoms with Gasteiger partial charge in [0.1, 0.15) is 11.9 Å². The Labute approximate surface area is 91.0 Å². The van der Waals surface area contributed by atoms with E-state index in [1.165, 1.54) is 12.3 Å². The van der Waals surface area contributed by atoms with Crippen molar-refractivity contribution in [2.24, 2.45) is 0 Å². The standard InChI is InChI=1S/C11H10FNOS/c1-7-10(2-3-15-7)11(14)8-4-9(12)6-13-5-8/h2-6,11,14H,1H3. The third-order valence-electron chi connectivity index (χ3n) is 2.24. The number of hydrogen-bond donors (Lipinski definition) is 1. The third kappa shape index (κ3) is 2.06. The molecular formula is C11H10FNOS. The molecule has 0 saturated heterocycles. The second kappa shape index (κ2) is 4.08. The number of aliphatic hydroxyl groups excluding tert-OH is 1. The predicted octanol–water partition coefficient (Wildman–Crippen LogP) is 2.67. The van der Waals surface area contributed by atoms with Gasteiger partial charge in [-0.15, -0.1) is 11.3 Å². The summed E-state index contributed by atoms with van der Waals surface area (Å²) in [6.45, 7) is 1.93. The SMILES string of the molecule is Cc1sccc1C(O)c1cncc(F)c1. The normalized spacial score (nSPS) is 12.7. The van der Waals surface area contributed by atoms with E-state index in [-0.39, 0.29) is 0 Å². The monoisotopic (exact) mass is 223 g/mol. The van der Waals surface area contributed by atoms with E-state index in [0.29, 0.717) is 5.56 Å². The number of thiophene rings is 1. The molecule has 0 amide bonds. The zero-order chi connectivity index (χ0) is 10.8. The molecular weight excluding hydrogens is 213 g/mol. The Hall–Kier alpha value is -1.26. The van der Waals surface area contributed by atoms with Gasteiger partial charge in [0.15, 0.2) is 0 Å². The van der Waals surface area contributed by atoms with E-state index >= 15 is 0 Å². The van der Waals surface area contributed by atoms with Crippen LogP contribution in [0.15, 0.2) is 29.9 Å². The fourth-order valence-corrected chi connectivity index (χ4v) is 2.17. The fourth-order valence-electron chi connectivity index (χ4n) is 1.44. The summed E-state index contributed by atoms with van der Waals surface area (Å²) in [4.78, 5) is 4.75. The van der Waals surface area contributed by atoms with Gasteiger partial charge in [-0.3, -0.25) is 4.98 Å². The molecule has 2 aromatic rings. The summed E-state index contributed by atoms with van der Waals surface area (Å²) < 4.78 is 12.9. The molecule has 0 aliphatic rings. The number of aromatic nitrogens is 1. The maximum absolute atomic E-state index is 12.9. The summed E-state index contributed by atoms with van der Waals surface area (Å²) in [5, 5.41) is 11.9. The molecule has 4 heteroatoms. The van der Waals surface area contributed by atoms with Crippen LogP contribution in [0.4, 0.5) is 4.39 Å². The Morgan fingerprint density at radius 2 is 2.27 bits per heavy atom. The van der Waals surface area contributed by atoms with Crippen LogP contribution in [0.3, 0.4) is 0 Å². The highest BCUT2D eigenvalue weighted by molar-refractivity contribution is 7.10. The van der Waals surface area contributed by atoms with Crippen molar-refractivity contribution in [1.82, 2.24) is 4.98 Å². The molecule has 2 heterocycles. The quantitative estimate of drug-likeness (QED) is 0.849. The summed E-state index contributed by atoms with van der Waals surface area (Å²) in [5.41, 5.74) is 1.30. The summed E-state index contributed by atoms with van der Waals surface area (Å²) >= 11 is 1.56. The van der Waals surface area contributed by atoms with Gasteiger partial charge in [-0.2, -0.15) is 0 Å². The number of rotatable bonds is 2. The van der Waals surface area contributed by atoms with Crippen molar-refractivity contribution in [3.05, 3.63) is 51.7 Å². The number of aliphatic hydroxyl groups is 1. The topological polar surface area (TPSA) is 33.1 Å². The molecule has 0 saturated carbocycles. The molecule has 15 heavy (non-hydrogen) atoms. The van der Waals surface area contributed by atoms with E-state index in [0.717, 1.165) is 16.6 Å². The van der Waals surface area contributed by atoms with Crippen molar-refractivity contribution >= 4 is 11.3 Å². The average Bonchev–Trinajstić information content (AvgIpc) is 2.63. The highest BCUT2D eigenvalue weighted by Crippen LogP contribution is 2.27. The van der Waals surface area contributed by atoms with Gasteiger partial charge in [0.05, 0.1) is 6.20 Å². The van der Waals surface area contributed by atoms with E-state index in [9.17, 15) is 9.50 Å². The fraction of sp³-hybridized carbons (Fsp3) is 0.182. The van der Waals surface area contributed by atoms with Gasteiger partial charge in [0.25, 0.3) is 0 Å². The lowest BCUT2D eigenvalue weighted by atomic mass is 10.0. The predicted molar refractivity (Wildman–Crippen MR) is 57.3 cm³/mol. The second-order valence-corrected chi connectivity index (χ2v) is 4.39. The molecule has 0 aliphatic carbocycles. The molecule has 0 bridgehead atoms. The molecule has 0 radical (unpaired) electrons. The van der Waals surface area contributed by atoms with Crippen LogP contribution < -0.4 is 0 Å². The van der Waals surface area contributed by atoms with Gasteiger partial charge >= 0.3 is 0 Å². The number of nitrogens with zero attached hydrogens (tertiary/aromatic N) is 1. The first-order valence-corrected chi connectivity index (χ1v) is 5.39. The van der Waals surface area contributed by atoms with Crippen LogP contribution in [0.2, 0.25) is 0 Å². The average molecular weight is 223 g/mol. The maximum atomic E-state index is 12.9. The summed E-state index contributed by atoms with van der Waals surface area (Å²) in [5.74, 6) is -0.431. The van der Waals surface area contributed by atoms with E-state index in [2.05, 4.69) is 4.98 Å². The zero-order valence-corrected chi connectivity index (χ0v) is 8.96. The van der Waals surface area contributed by atoms with Crippen molar-refractivity contribution < 1.29 is 9.50 Å². The molecule has 78 valence electrons. The Morgan fingerprint density at radius 3 is 2.87 bits per heavy atom. The first-order valence-electron chi connectivity index (χ1n) is 4.51. The smallest absolute Gasteiger partial charge is 0.141 e. The first-order chi connectivity index (χ1) is 7.18. The lowest BCUT2D eigenvalue weighted by molar-refractivity contribution is 0.219. The van der Waals surface area contributed by atoms with Crippen molar-refractivity contribution in [3.8, 4) is 0 Å². The number of pyridine rings is 1. The zero-order valence-electron chi connectivity index (χ0n) is 8.14. The lowest BCUT2D eigenvalue weighted by Gasteiger charge is -2.10. The highest BCUT2D eigenvalue weighted by Gasteiger charge is 2.14. The minimum Gasteiger partial charge on any atom is -0.384 e. The van der Waals surface area contributed by atoms with Gasteiger partial charge < -0.3 is 5.11 Å². The van der Waals surface area contributed by atoms with E-state index < -0.39 is 11.9 Å². The highest BCUT2D eigenvalue weighted by atomic mass is 32.1. The molecule has 1 N–H and O–H groups in total. The molecule has 0 spiro atoms. The van der Waals surface area contributed by atoms with Gasteiger partial charge in [-0.25, -0.2) is 4.39 Å². The Morgan fingerprint density at radius 1 is 1.47 bits per heavy atom. The van der Waals surface area contributed by atoms with Crippen LogP contribution in [0.1, 0.15) is 22.1 Å². The minimum absolute atomic E-state index is 0.431. The number of halogens is 1. The van der Waals surface area contributed by atoms with Gasteiger partial charge in [-0.1, -0.05) is 0 Å². The molecule has 0 fully saturated rings. The van der Waals surface area contributed by atoms with Crippen LogP contribution >= 0.6 is 11.3 Å². The van der Waals surface area contributed by atoms with Crippen LogP contribution in [0.25, 0.3) is 0 Å². The summed E-state index contributed by atoms with van der Waals surface area (Å²) in [6.07, 6.45) is 1.81. The Kier molecular flexibility index (Phi) is 2.79. The Bertz CT molecular complexity index is 469. The molecule has 2 nitrogen and oxygen atoms in total.